The first-order valence-corrected chi connectivity index (χ1v) is 5.12. The normalized spacial score (nSPS) is 11.8. The van der Waals surface area contributed by atoms with Crippen molar-refractivity contribution in [1.29, 1.82) is 0 Å². The van der Waals surface area contributed by atoms with Gasteiger partial charge >= 0.3 is 0 Å². The molecule has 1 amide bonds. The summed E-state index contributed by atoms with van der Waals surface area (Å²) >= 11 is 0. The number of carbonyl (C=O) groups excluding carboxylic acids is 1. The van der Waals surface area contributed by atoms with E-state index in [1.54, 1.807) is 0 Å². The summed E-state index contributed by atoms with van der Waals surface area (Å²) in [5, 5.41) is 11.4. The van der Waals surface area contributed by atoms with Gasteiger partial charge in [0.2, 0.25) is 5.91 Å². The molecular weight excluding hydrogens is 194 g/mol. The van der Waals surface area contributed by atoms with E-state index in [0.29, 0.717) is 19.4 Å². The zero-order chi connectivity index (χ0) is 11.5. The third-order valence-corrected chi connectivity index (χ3v) is 1.86. The Bertz CT molecular complexity index is 210. The predicted molar refractivity (Wildman–Crippen MR) is 58.2 cm³/mol. The number of hydrogen-bond donors (Lipinski definition) is 2. The van der Waals surface area contributed by atoms with Gasteiger partial charge in [-0.25, -0.2) is 0 Å². The number of rotatable bonds is 8. The summed E-state index contributed by atoms with van der Waals surface area (Å²) in [7, 11) is 0. The number of nitrogens with one attached hydrogen (secondary N) is 1. The average Bonchev–Trinajstić information content (AvgIpc) is 2.21. The standard InChI is InChI=1S/C11H19NO3/c1-3-8-15-9-6-11(14)12-10(2)5-4-7-13/h1,10,13H,4-9H2,2H3,(H,12,14). The molecule has 0 saturated heterocycles. The van der Waals surface area contributed by atoms with Gasteiger partial charge in [0.15, 0.2) is 0 Å². The maximum absolute atomic E-state index is 11.3. The smallest absolute Gasteiger partial charge is 0.222 e. The van der Waals surface area contributed by atoms with E-state index in [1.165, 1.54) is 0 Å². The summed E-state index contributed by atoms with van der Waals surface area (Å²) < 4.78 is 4.98. The van der Waals surface area contributed by atoms with Crippen LogP contribution in [-0.2, 0) is 9.53 Å². The zero-order valence-electron chi connectivity index (χ0n) is 9.16. The highest BCUT2D eigenvalue weighted by Gasteiger charge is 2.06. The third-order valence-electron chi connectivity index (χ3n) is 1.86. The van der Waals surface area contributed by atoms with E-state index in [0.717, 1.165) is 6.42 Å². The minimum atomic E-state index is -0.0440. The molecule has 0 aromatic rings. The Morgan fingerprint density at radius 2 is 2.40 bits per heavy atom. The van der Waals surface area contributed by atoms with Crippen LogP contribution in [0.25, 0.3) is 0 Å². The Hall–Kier alpha value is -1.05. The number of aliphatic hydroxyl groups is 1. The number of terminal acetylenes is 1. The van der Waals surface area contributed by atoms with Crippen molar-refractivity contribution in [1.82, 2.24) is 5.32 Å². The van der Waals surface area contributed by atoms with E-state index in [-0.39, 0.29) is 25.2 Å². The zero-order valence-corrected chi connectivity index (χ0v) is 9.16. The van der Waals surface area contributed by atoms with E-state index in [9.17, 15) is 4.79 Å². The quantitative estimate of drug-likeness (QED) is 0.450. The van der Waals surface area contributed by atoms with Crippen molar-refractivity contribution in [3.63, 3.8) is 0 Å². The van der Waals surface area contributed by atoms with E-state index in [1.807, 2.05) is 6.92 Å². The summed E-state index contributed by atoms with van der Waals surface area (Å²) in [6, 6.07) is 0.0947. The lowest BCUT2D eigenvalue weighted by Crippen LogP contribution is -2.33. The van der Waals surface area contributed by atoms with Crippen LogP contribution in [0, 0.1) is 12.3 Å². The maximum atomic E-state index is 11.3. The van der Waals surface area contributed by atoms with Crippen molar-refractivity contribution in [3.8, 4) is 12.3 Å². The lowest BCUT2D eigenvalue weighted by Gasteiger charge is -2.12. The fourth-order valence-electron chi connectivity index (χ4n) is 1.11. The molecule has 0 aliphatic carbocycles. The molecule has 1 unspecified atom stereocenters. The fourth-order valence-corrected chi connectivity index (χ4v) is 1.11. The van der Waals surface area contributed by atoms with Crippen LogP contribution >= 0.6 is 0 Å². The fraction of sp³-hybridized carbons (Fsp3) is 0.727. The van der Waals surface area contributed by atoms with Crippen LogP contribution in [-0.4, -0.2) is 36.9 Å². The Kier molecular flexibility index (Phi) is 8.84. The number of amides is 1. The van der Waals surface area contributed by atoms with Gasteiger partial charge in [0, 0.05) is 12.6 Å². The van der Waals surface area contributed by atoms with Gasteiger partial charge in [0.05, 0.1) is 13.0 Å². The topological polar surface area (TPSA) is 58.6 Å². The van der Waals surface area contributed by atoms with Crippen LogP contribution in [0.5, 0.6) is 0 Å². The van der Waals surface area contributed by atoms with Crippen molar-refractivity contribution >= 4 is 5.91 Å². The summed E-state index contributed by atoms with van der Waals surface area (Å²) in [6.45, 7) is 2.66. The molecular formula is C11H19NO3. The molecule has 4 nitrogen and oxygen atoms in total. The highest BCUT2D eigenvalue weighted by atomic mass is 16.5. The van der Waals surface area contributed by atoms with Crippen molar-refractivity contribution in [2.75, 3.05) is 19.8 Å². The summed E-state index contributed by atoms with van der Waals surface area (Å²) in [4.78, 5) is 11.3. The first kappa shape index (κ1) is 13.9. The van der Waals surface area contributed by atoms with Gasteiger partial charge in [0.1, 0.15) is 6.61 Å². The lowest BCUT2D eigenvalue weighted by molar-refractivity contribution is -0.122. The molecule has 0 spiro atoms. The Morgan fingerprint density at radius 1 is 1.67 bits per heavy atom. The van der Waals surface area contributed by atoms with Crippen molar-refractivity contribution in [2.24, 2.45) is 0 Å². The number of hydrogen-bond acceptors (Lipinski definition) is 3. The van der Waals surface area contributed by atoms with Gasteiger partial charge < -0.3 is 15.2 Å². The van der Waals surface area contributed by atoms with Crippen molar-refractivity contribution in [3.05, 3.63) is 0 Å². The number of aliphatic hydroxyl groups excluding tert-OH is 1. The molecule has 86 valence electrons. The molecule has 0 radical (unpaired) electrons. The third kappa shape index (κ3) is 9.26. The molecule has 0 aromatic heterocycles. The monoisotopic (exact) mass is 213 g/mol. The molecule has 0 bridgehead atoms. The van der Waals surface area contributed by atoms with Gasteiger partial charge in [-0.3, -0.25) is 4.79 Å². The molecule has 0 aliphatic rings. The average molecular weight is 213 g/mol. The van der Waals surface area contributed by atoms with Gasteiger partial charge in [-0.15, -0.1) is 6.42 Å². The Labute approximate surface area is 91.0 Å². The summed E-state index contributed by atoms with van der Waals surface area (Å²) in [5.41, 5.74) is 0. The number of ether oxygens (including phenoxy) is 1. The minimum absolute atomic E-state index is 0.0440. The molecule has 0 fully saturated rings. The van der Waals surface area contributed by atoms with Gasteiger partial charge in [0.25, 0.3) is 0 Å². The molecule has 0 heterocycles. The summed E-state index contributed by atoms with van der Waals surface area (Å²) in [6.07, 6.45) is 6.79. The van der Waals surface area contributed by atoms with Gasteiger partial charge in [-0.1, -0.05) is 5.92 Å². The van der Waals surface area contributed by atoms with Gasteiger partial charge in [-0.05, 0) is 19.8 Å². The SMILES string of the molecule is C#CCOCCC(=O)NC(C)CCCO. The molecule has 15 heavy (non-hydrogen) atoms. The van der Waals surface area contributed by atoms with Crippen LogP contribution in [0.4, 0.5) is 0 Å². The molecule has 4 heteroatoms. The second-order valence-electron chi connectivity index (χ2n) is 3.34. The summed E-state index contributed by atoms with van der Waals surface area (Å²) in [5.74, 6) is 2.28. The molecule has 0 rings (SSSR count). The minimum Gasteiger partial charge on any atom is -0.396 e. The van der Waals surface area contributed by atoms with E-state index in [4.69, 9.17) is 16.3 Å². The largest absolute Gasteiger partial charge is 0.396 e. The first-order chi connectivity index (χ1) is 7.20. The van der Waals surface area contributed by atoms with Crippen molar-refractivity contribution < 1.29 is 14.6 Å². The molecule has 0 saturated carbocycles. The highest BCUT2D eigenvalue weighted by molar-refractivity contribution is 5.76. The van der Waals surface area contributed by atoms with Crippen LogP contribution in [0.15, 0.2) is 0 Å². The second-order valence-corrected chi connectivity index (χ2v) is 3.34. The number of carbonyl (C=O) groups is 1. The highest BCUT2D eigenvalue weighted by Crippen LogP contribution is 1.95. The second kappa shape index (κ2) is 9.50. The molecule has 0 aromatic carbocycles. The van der Waals surface area contributed by atoms with Crippen molar-refractivity contribution in [2.45, 2.75) is 32.2 Å². The first-order valence-electron chi connectivity index (χ1n) is 5.12. The van der Waals surface area contributed by atoms with E-state index >= 15 is 0 Å². The van der Waals surface area contributed by atoms with Crippen LogP contribution in [0.1, 0.15) is 26.2 Å². The van der Waals surface area contributed by atoms with Crippen LogP contribution in [0.3, 0.4) is 0 Å². The lowest BCUT2D eigenvalue weighted by atomic mass is 10.2. The Morgan fingerprint density at radius 3 is 3.00 bits per heavy atom. The maximum Gasteiger partial charge on any atom is 0.222 e. The van der Waals surface area contributed by atoms with E-state index in [2.05, 4.69) is 11.2 Å². The molecule has 2 N–H and O–H groups in total. The molecule has 0 aliphatic heterocycles. The van der Waals surface area contributed by atoms with Crippen LogP contribution < -0.4 is 5.32 Å². The molecule has 1 atom stereocenters. The van der Waals surface area contributed by atoms with Gasteiger partial charge in [-0.2, -0.15) is 0 Å². The van der Waals surface area contributed by atoms with Crippen LogP contribution in [0.2, 0.25) is 0 Å². The van der Waals surface area contributed by atoms with E-state index < -0.39 is 0 Å². The predicted octanol–water partition coefficient (Wildman–Crippen LogP) is 0.303. The Balaban J connectivity index is 3.43.